The van der Waals surface area contributed by atoms with Crippen molar-refractivity contribution in [1.29, 1.82) is 0 Å². The van der Waals surface area contributed by atoms with E-state index in [4.69, 9.17) is 14.2 Å². The van der Waals surface area contributed by atoms with Crippen LogP contribution in [0.3, 0.4) is 0 Å². The number of hydrogen-bond acceptors (Lipinski definition) is 4. The Hall–Kier alpha value is -0.370. The lowest BCUT2D eigenvalue weighted by Crippen LogP contribution is -2.38. The van der Waals surface area contributed by atoms with E-state index in [2.05, 4.69) is 4.74 Å². The second-order valence-corrected chi connectivity index (χ2v) is 4.47. The summed E-state index contributed by atoms with van der Waals surface area (Å²) in [7, 11) is 0. The summed E-state index contributed by atoms with van der Waals surface area (Å²) < 4.78 is 55.2. The Morgan fingerprint density at radius 2 is 1.67 bits per heavy atom. The molecule has 1 aliphatic carbocycles. The molecule has 0 unspecified atom stereocenters. The van der Waals surface area contributed by atoms with Crippen LogP contribution in [0, 0.1) is 0 Å². The molecule has 1 saturated carbocycles. The third-order valence-electron chi connectivity index (χ3n) is 3.21. The van der Waals surface area contributed by atoms with E-state index in [-0.39, 0.29) is 12.7 Å². The van der Waals surface area contributed by atoms with Crippen molar-refractivity contribution in [2.75, 3.05) is 26.4 Å². The van der Waals surface area contributed by atoms with Crippen LogP contribution in [-0.2, 0) is 18.9 Å². The summed E-state index contributed by atoms with van der Waals surface area (Å²) in [6, 6.07) is 0. The van der Waals surface area contributed by atoms with Crippen molar-refractivity contribution in [1.82, 2.24) is 0 Å². The summed E-state index contributed by atoms with van der Waals surface area (Å²) in [6.45, 7) is 0.729. The van der Waals surface area contributed by atoms with E-state index in [1.165, 1.54) is 0 Å². The first-order chi connectivity index (χ1) is 8.49. The summed E-state index contributed by atoms with van der Waals surface area (Å²) in [4.78, 5) is 0. The SMILES string of the molecule is FC(F)(F)OCCOC1CCC2(CC1)OCCO2. The molecule has 7 heteroatoms. The molecule has 1 heterocycles. The maximum atomic E-state index is 11.7. The lowest BCUT2D eigenvalue weighted by Gasteiger charge is -2.35. The molecule has 0 bridgehead atoms. The fourth-order valence-electron chi connectivity index (χ4n) is 2.36. The molecule has 0 radical (unpaired) electrons. The van der Waals surface area contributed by atoms with E-state index in [1.807, 2.05) is 0 Å². The van der Waals surface area contributed by atoms with E-state index in [1.54, 1.807) is 0 Å². The zero-order valence-corrected chi connectivity index (χ0v) is 10.0. The molecule has 0 atom stereocenters. The van der Waals surface area contributed by atoms with Gasteiger partial charge in [0.05, 0.1) is 32.5 Å². The Morgan fingerprint density at radius 1 is 1.06 bits per heavy atom. The van der Waals surface area contributed by atoms with Crippen molar-refractivity contribution in [3.8, 4) is 0 Å². The summed E-state index contributed by atoms with van der Waals surface area (Å²) in [5.74, 6) is -0.456. The Bertz CT molecular complexity index is 254. The molecule has 0 N–H and O–H groups in total. The van der Waals surface area contributed by atoms with Gasteiger partial charge < -0.3 is 14.2 Å². The average molecular weight is 270 g/mol. The van der Waals surface area contributed by atoms with Crippen molar-refractivity contribution >= 4 is 0 Å². The van der Waals surface area contributed by atoms with Gasteiger partial charge in [0.1, 0.15) is 0 Å². The highest BCUT2D eigenvalue weighted by Crippen LogP contribution is 2.36. The Balaban J connectivity index is 1.59. The molecule has 1 spiro atoms. The Morgan fingerprint density at radius 3 is 2.22 bits per heavy atom. The first kappa shape index (κ1) is 14.0. The van der Waals surface area contributed by atoms with Crippen molar-refractivity contribution in [2.45, 2.75) is 43.9 Å². The maximum absolute atomic E-state index is 11.7. The molecular formula is C11H17F3O4. The number of halogens is 3. The zero-order chi connectivity index (χ0) is 13.1. The minimum atomic E-state index is -4.58. The van der Waals surface area contributed by atoms with Gasteiger partial charge >= 0.3 is 6.36 Å². The topological polar surface area (TPSA) is 36.9 Å². The third-order valence-corrected chi connectivity index (χ3v) is 3.21. The predicted octanol–water partition coefficient (Wildman–Crippen LogP) is 2.23. The molecule has 18 heavy (non-hydrogen) atoms. The van der Waals surface area contributed by atoms with Gasteiger partial charge in [0, 0.05) is 12.8 Å². The quantitative estimate of drug-likeness (QED) is 0.734. The lowest BCUT2D eigenvalue weighted by atomic mass is 9.92. The van der Waals surface area contributed by atoms with Crippen molar-refractivity contribution in [3.05, 3.63) is 0 Å². The van der Waals surface area contributed by atoms with Crippen LogP contribution in [0.5, 0.6) is 0 Å². The average Bonchev–Trinajstić information content (AvgIpc) is 2.75. The molecule has 4 nitrogen and oxygen atoms in total. The highest BCUT2D eigenvalue weighted by Gasteiger charge is 2.40. The van der Waals surface area contributed by atoms with Gasteiger partial charge in [-0.25, -0.2) is 0 Å². The fraction of sp³-hybridized carbons (Fsp3) is 1.00. The highest BCUT2D eigenvalue weighted by atomic mass is 19.4. The second-order valence-electron chi connectivity index (χ2n) is 4.47. The molecule has 0 amide bonds. The van der Waals surface area contributed by atoms with Crippen LogP contribution in [0.4, 0.5) is 13.2 Å². The van der Waals surface area contributed by atoms with Gasteiger partial charge in [-0.3, -0.25) is 4.74 Å². The monoisotopic (exact) mass is 270 g/mol. The van der Waals surface area contributed by atoms with Crippen LogP contribution >= 0.6 is 0 Å². The Labute approximate surface area is 103 Å². The summed E-state index contributed by atoms with van der Waals surface area (Å²) >= 11 is 0. The molecule has 2 rings (SSSR count). The fourth-order valence-corrected chi connectivity index (χ4v) is 2.36. The number of hydrogen-bond donors (Lipinski definition) is 0. The molecule has 0 aromatic rings. The van der Waals surface area contributed by atoms with Crippen LogP contribution in [0.15, 0.2) is 0 Å². The van der Waals surface area contributed by atoms with Crippen LogP contribution in [-0.4, -0.2) is 44.7 Å². The molecule has 2 aliphatic rings. The lowest BCUT2D eigenvalue weighted by molar-refractivity contribution is -0.327. The summed E-state index contributed by atoms with van der Waals surface area (Å²) in [5, 5.41) is 0. The summed E-state index contributed by atoms with van der Waals surface area (Å²) in [5.41, 5.74) is 0. The van der Waals surface area contributed by atoms with Gasteiger partial charge in [0.25, 0.3) is 0 Å². The Kier molecular flexibility index (Phi) is 4.47. The van der Waals surface area contributed by atoms with Crippen LogP contribution in [0.1, 0.15) is 25.7 Å². The van der Waals surface area contributed by atoms with Crippen molar-refractivity contribution < 1.29 is 32.1 Å². The van der Waals surface area contributed by atoms with Crippen molar-refractivity contribution in [3.63, 3.8) is 0 Å². The van der Waals surface area contributed by atoms with Gasteiger partial charge in [0.2, 0.25) is 0 Å². The van der Waals surface area contributed by atoms with Gasteiger partial charge in [-0.15, -0.1) is 13.2 Å². The van der Waals surface area contributed by atoms with Gasteiger partial charge in [-0.05, 0) is 12.8 Å². The second kappa shape index (κ2) is 5.73. The van der Waals surface area contributed by atoms with E-state index in [0.717, 1.165) is 25.7 Å². The molecular weight excluding hydrogens is 253 g/mol. The third kappa shape index (κ3) is 4.08. The van der Waals surface area contributed by atoms with Gasteiger partial charge in [-0.1, -0.05) is 0 Å². The molecule has 1 saturated heterocycles. The molecule has 106 valence electrons. The van der Waals surface area contributed by atoms with E-state index < -0.39 is 18.8 Å². The summed E-state index contributed by atoms with van der Waals surface area (Å²) in [6.07, 6.45) is -1.65. The first-order valence-corrected chi connectivity index (χ1v) is 6.09. The van der Waals surface area contributed by atoms with Crippen LogP contribution < -0.4 is 0 Å². The maximum Gasteiger partial charge on any atom is 0.522 e. The van der Waals surface area contributed by atoms with E-state index in [9.17, 15) is 13.2 Å². The van der Waals surface area contributed by atoms with Crippen molar-refractivity contribution in [2.24, 2.45) is 0 Å². The predicted molar refractivity (Wildman–Crippen MR) is 54.9 cm³/mol. The first-order valence-electron chi connectivity index (χ1n) is 6.09. The standard InChI is InChI=1S/C11H17F3O4/c12-11(13,14)18-6-5-15-9-1-3-10(4-2-9)16-7-8-17-10/h9H,1-8H2. The minimum Gasteiger partial charge on any atom is -0.376 e. The zero-order valence-electron chi connectivity index (χ0n) is 10.0. The van der Waals surface area contributed by atoms with Gasteiger partial charge in [-0.2, -0.15) is 0 Å². The molecule has 2 fully saturated rings. The van der Waals surface area contributed by atoms with Crippen LogP contribution in [0.2, 0.25) is 0 Å². The number of alkyl halides is 3. The minimum absolute atomic E-state index is 0.0275. The molecule has 1 aliphatic heterocycles. The van der Waals surface area contributed by atoms with Gasteiger partial charge in [0.15, 0.2) is 5.79 Å². The highest BCUT2D eigenvalue weighted by molar-refractivity contribution is 4.82. The molecule has 0 aromatic carbocycles. The smallest absolute Gasteiger partial charge is 0.376 e. The number of rotatable bonds is 4. The van der Waals surface area contributed by atoms with Crippen LogP contribution in [0.25, 0.3) is 0 Å². The largest absolute Gasteiger partial charge is 0.522 e. The normalized spacial score (nSPS) is 24.8. The number of ether oxygens (including phenoxy) is 4. The van der Waals surface area contributed by atoms with E-state index >= 15 is 0 Å². The molecule has 0 aromatic heterocycles. The van der Waals surface area contributed by atoms with E-state index in [0.29, 0.717) is 13.2 Å².